The van der Waals surface area contributed by atoms with E-state index in [4.69, 9.17) is 4.74 Å². The molecule has 0 bridgehead atoms. The minimum atomic E-state index is -4.43. The summed E-state index contributed by atoms with van der Waals surface area (Å²) in [7, 11) is -4.43. The Kier molecular flexibility index (Phi) is 11.2. The van der Waals surface area contributed by atoms with Gasteiger partial charge < -0.3 is 9.84 Å². The van der Waals surface area contributed by atoms with Gasteiger partial charge in [0, 0.05) is 0 Å². The van der Waals surface area contributed by atoms with E-state index in [1.165, 1.54) is 56.4 Å². The molecule has 2 aromatic carbocycles. The Labute approximate surface area is 190 Å². The van der Waals surface area contributed by atoms with E-state index >= 15 is 0 Å². The fraction of sp³-hybridized carbons (Fsp3) is 0.429. The van der Waals surface area contributed by atoms with E-state index in [-0.39, 0.29) is 51.7 Å². The summed E-state index contributed by atoms with van der Waals surface area (Å²) in [6.07, 6.45) is 9.30. The summed E-state index contributed by atoms with van der Waals surface area (Å²) in [4.78, 5) is -0.359. The van der Waals surface area contributed by atoms with E-state index in [2.05, 4.69) is 6.92 Å². The van der Waals surface area contributed by atoms with Crippen molar-refractivity contribution in [3.8, 4) is 17.2 Å². The van der Waals surface area contributed by atoms with Crippen molar-refractivity contribution in [2.45, 2.75) is 63.2 Å². The predicted molar refractivity (Wildman–Crippen MR) is 104 cm³/mol. The summed E-state index contributed by atoms with van der Waals surface area (Å²) in [6, 6.07) is 10.6. The van der Waals surface area contributed by atoms with Crippen molar-refractivity contribution in [3.05, 3.63) is 48.0 Å². The Balaban J connectivity index is 0.00000392. The Morgan fingerprint density at radius 3 is 2.25 bits per heavy atom. The van der Waals surface area contributed by atoms with Gasteiger partial charge in [-0.15, -0.1) is 0 Å². The van der Waals surface area contributed by atoms with Crippen LogP contribution in [0, 0.1) is 0 Å². The van der Waals surface area contributed by atoms with Crippen LogP contribution in [0.15, 0.2) is 47.4 Å². The molecule has 0 unspecified atom stereocenters. The molecule has 0 atom stereocenters. The molecule has 0 spiro atoms. The standard InChI is InChI=1S/C21H28O5S.Na/c1-2-3-4-5-6-7-8-11-17-14-15-18(22)20(16-17)26-19-12-9-10-13-21(19)27(23,24)25;/h9-10,12-16,22H,2-8,11H2,1H3,(H,23,24,25);/q;+1/p-1. The molecule has 0 heterocycles. The largest absolute Gasteiger partial charge is 1.00 e. The number of ether oxygens (including phenoxy) is 1. The first kappa shape index (κ1) is 25.0. The molecule has 0 aliphatic heterocycles. The molecule has 5 nitrogen and oxygen atoms in total. The summed E-state index contributed by atoms with van der Waals surface area (Å²) in [5, 5.41) is 12.1. The van der Waals surface area contributed by atoms with Crippen LogP contribution in [0.25, 0.3) is 0 Å². The van der Waals surface area contributed by atoms with Crippen molar-refractivity contribution in [2.24, 2.45) is 0 Å². The maximum Gasteiger partial charge on any atom is 1.00 e. The fourth-order valence-electron chi connectivity index (χ4n) is 2.94. The Bertz CT molecular complexity index is 836. The van der Waals surface area contributed by atoms with Crippen LogP contribution in [0.5, 0.6) is 17.2 Å². The zero-order valence-corrected chi connectivity index (χ0v) is 19.5. The molecule has 2 aromatic rings. The van der Waals surface area contributed by atoms with Gasteiger partial charge in [-0.3, -0.25) is 4.55 Å². The average Bonchev–Trinajstić information content (AvgIpc) is 2.63. The van der Waals surface area contributed by atoms with Crippen LogP contribution in [-0.2, 0) is 16.5 Å². The van der Waals surface area contributed by atoms with Crippen LogP contribution in [-0.4, -0.2) is 13.0 Å². The molecule has 0 fully saturated rings. The van der Waals surface area contributed by atoms with E-state index in [9.17, 15) is 18.1 Å². The number of hydrogen-bond donors (Lipinski definition) is 1. The van der Waals surface area contributed by atoms with Crippen molar-refractivity contribution in [3.63, 3.8) is 0 Å². The van der Waals surface area contributed by atoms with Crippen LogP contribution >= 0.6 is 0 Å². The molecule has 0 aromatic heterocycles. The molecule has 0 saturated carbocycles. The summed E-state index contributed by atoms with van der Waals surface area (Å²) in [5.41, 5.74) is 0.975. The molecule has 0 saturated heterocycles. The van der Waals surface area contributed by atoms with Gasteiger partial charge in [-0.1, -0.05) is 75.5 Å². The van der Waals surface area contributed by atoms with E-state index in [1.54, 1.807) is 18.2 Å². The van der Waals surface area contributed by atoms with Crippen molar-refractivity contribution in [1.29, 1.82) is 0 Å². The van der Waals surface area contributed by atoms with Crippen molar-refractivity contribution in [2.75, 3.05) is 0 Å². The normalized spacial score (nSPS) is 11.1. The van der Waals surface area contributed by atoms with Crippen molar-refractivity contribution < 1.29 is 52.4 Å². The monoisotopic (exact) mass is 414 g/mol. The van der Waals surface area contributed by atoms with Crippen LogP contribution in [0.4, 0.5) is 0 Å². The minimum absolute atomic E-state index is 0. The topological polar surface area (TPSA) is 86.7 Å². The van der Waals surface area contributed by atoms with Gasteiger partial charge in [0.05, 0.1) is 0 Å². The van der Waals surface area contributed by atoms with Gasteiger partial charge in [-0.25, -0.2) is 0 Å². The fourth-order valence-corrected chi connectivity index (χ4v) is 3.55. The summed E-state index contributed by atoms with van der Waals surface area (Å²) < 4.78 is 37.8. The molecule has 0 aliphatic rings. The smallest absolute Gasteiger partial charge is 0.870 e. The molecule has 7 heteroatoms. The molecule has 148 valence electrons. The Morgan fingerprint density at radius 1 is 0.929 bits per heavy atom. The Hall–Kier alpha value is -1.05. The van der Waals surface area contributed by atoms with Gasteiger partial charge in [0.25, 0.3) is 10.1 Å². The molecule has 0 amide bonds. The minimum Gasteiger partial charge on any atom is -0.870 e. The maximum atomic E-state index is 12.1. The third-order valence-electron chi connectivity index (χ3n) is 4.42. The zero-order valence-electron chi connectivity index (χ0n) is 16.7. The summed E-state index contributed by atoms with van der Waals surface area (Å²) >= 11 is 0. The molecule has 28 heavy (non-hydrogen) atoms. The number of unbranched alkanes of at least 4 members (excludes halogenated alkanes) is 6. The van der Waals surface area contributed by atoms with E-state index in [1.807, 2.05) is 0 Å². The third-order valence-corrected chi connectivity index (χ3v) is 5.32. The van der Waals surface area contributed by atoms with Gasteiger partial charge in [-0.05, 0) is 36.6 Å². The van der Waals surface area contributed by atoms with Crippen LogP contribution in [0.2, 0.25) is 0 Å². The molecular formula is C21H27NaO5S. The first-order valence-electron chi connectivity index (χ1n) is 9.46. The van der Waals surface area contributed by atoms with Gasteiger partial charge in [0.2, 0.25) is 0 Å². The predicted octanol–water partition coefficient (Wildman–Crippen LogP) is 2.10. The summed E-state index contributed by atoms with van der Waals surface area (Å²) in [6.45, 7) is 2.20. The van der Waals surface area contributed by atoms with Crippen LogP contribution in [0.1, 0.15) is 57.4 Å². The average molecular weight is 414 g/mol. The summed E-state index contributed by atoms with van der Waals surface area (Å²) in [5.74, 6) is -0.333. The Morgan fingerprint density at radius 2 is 1.57 bits per heavy atom. The first-order chi connectivity index (χ1) is 12.9. The molecule has 0 aliphatic carbocycles. The van der Waals surface area contributed by atoms with Crippen molar-refractivity contribution in [1.82, 2.24) is 0 Å². The second-order valence-electron chi connectivity index (χ2n) is 6.68. The SMILES string of the molecule is CCCCCCCCCc1ccc([O-])c(Oc2ccccc2S(=O)(=O)O)c1.[Na+]. The number of aryl methyl sites for hydroxylation is 1. The van der Waals surface area contributed by atoms with Crippen molar-refractivity contribution >= 4 is 10.1 Å². The van der Waals surface area contributed by atoms with Crippen LogP contribution < -0.4 is 39.4 Å². The van der Waals surface area contributed by atoms with E-state index < -0.39 is 10.1 Å². The molecule has 1 N–H and O–H groups in total. The van der Waals surface area contributed by atoms with Gasteiger partial charge in [0.15, 0.2) is 0 Å². The molecule has 2 rings (SSSR count). The molecule has 0 radical (unpaired) electrons. The van der Waals surface area contributed by atoms with Crippen LogP contribution in [0.3, 0.4) is 0 Å². The number of hydrogen-bond acceptors (Lipinski definition) is 4. The number of para-hydroxylation sites is 1. The van der Waals surface area contributed by atoms with Gasteiger partial charge in [-0.2, -0.15) is 8.42 Å². The first-order valence-corrected chi connectivity index (χ1v) is 10.9. The third kappa shape index (κ3) is 8.13. The van der Waals surface area contributed by atoms with E-state index in [0.717, 1.165) is 24.8 Å². The van der Waals surface area contributed by atoms with Gasteiger partial charge in [0.1, 0.15) is 16.4 Å². The van der Waals surface area contributed by atoms with Gasteiger partial charge >= 0.3 is 29.6 Å². The number of benzene rings is 2. The second kappa shape index (κ2) is 12.5. The quantitative estimate of drug-likeness (QED) is 0.346. The zero-order chi connectivity index (χ0) is 19.7. The maximum absolute atomic E-state index is 12.1. The molecular weight excluding hydrogens is 387 g/mol. The van der Waals surface area contributed by atoms with E-state index in [0.29, 0.717) is 0 Å². The second-order valence-corrected chi connectivity index (χ2v) is 8.07. The number of rotatable bonds is 11.